The van der Waals surface area contributed by atoms with Gasteiger partial charge in [0.25, 0.3) is 5.56 Å². The first-order valence-corrected chi connectivity index (χ1v) is 8.06. The number of aromatic nitrogens is 3. The second-order valence-corrected chi connectivity index (χ2v) is 6.15. The van der Waals surface area contributed by atoms with Crippen LogP contribution in [-0.4, -0.2) is 40.3 Å². The van der Waals surface area contributed by atoms with E-state index in [9.17, 15) is 14.9 Å². The summed E-state index contributed by atoms with van der Waals surface area (Å²) in [6.07, 6.45) is 3.61. The molecular formula is C17H20N6O2. The van der Waals surface area contributed by atoms with Crippen LogP contribution in [0.15, 0.2) is 28.0 Å². The van der Waals surface area contributed by atoms with Gasteiger partial charge in [0.05, 0.1) is 11.9 Å². The second kappa shape index (κ2) is 6.43. The lowest BCUT2D eigenvalue weighted by molar-refractivity contribution is 0.607. The summed E-state index contributed by atoms with van der Waals surface area (Å²) in [5, 5.41) is 9.41. The molecule has 3 heterocycles. The van der Waals surface area contributed by atoms with Crippen LogP contribution in [0.5, 0.6) is 0 Å². The lowest BCUT2D eigenvalue weighted by atomic mass is 10.2. The third-order valence-electron chi connectivity index (χ3n) is 4.68. The van der Waals surface area contributed by atoms with E-state index in [1.807, 2.05) is 30.2 Å². The van der Waals surface area contributed by atoms with Gasteiger partial charge in [0, 0.05) is 46.5 Å². The van der Waals surface area contributed by atoms with Crippen LogP contribution >= 0.6 is 0 Å². The van der Waals surface area contributed by atoms with Gasteiger partial charge >= 0.3 is 5.69 Å². The minimum absolute atomic E-state index is 0.00982. The van der Waals surface area contributed by atoms with Gasteiger partial charge in [-0.25, -0.2) is 4.79 Å². The van der Waals surface area contributed by atoms with Crippen LogP contribution < -0.4 is 21.0 Å². The largest absolute Gasteiger partial charge is 0.367 e. The van der Waals surface area contributed by atoms with Crippen LogP contribution in [0.2, 0.25) is 0 Å². The highest BCUT2D eigenvalue weighted by atomic mass is 16.2. The molecule has 3 rings (SSSR count). The number of anilines is 2. The second-order valence-electron chi connectivity index (χ2n) is 6.15. The molecule has 0 bridgehead atoms. The Hall–Kier alpha value is -3.08. The number of rotatable bonds is 2. The van der Waals surface area contributed by atoms with Gasteiger partial charge in [0.1, 0.15) is 11.9 Å². The number of hydrogen-bond donors (Lipinski definition) is 0. The van der Waals surface area contributed by atoms with E-state index in [-0.39, 0.29) is 5.56 Å². The molecule has 0 unspecified atom stereocenters. The SMILES string of the molecule is Cc1ccncc1N1CCN(c2c(C#N)c(=O)n(C)c(=O)n2C)CC1. The third-order valence-corrected chi connectivity index (χ3v) is 4.68. The van der Waals surface area contributed by atoms with E-state index >= 15 is 0 Å². The summed E-state index contributed by atoms with van der Waals surface area (Å²) in [6.45, 7) is 4.72. The Bertz CT molecular complexity index is 961. The van der Waals surface area contributed by atoms with Crippen molar-refractivity contribution >= 4 is 11.5 Å². The fraction of sp³-hybridized carbons (Fsp3) is 0.412. The van der Waals surface area contributed by atoms with Gasteiger partial charge in [0.2, 0.25) is 0 Å². The van der Waals surface area contributed by atoms with E-state index in [2.05, 4.69) is 9.88 Å². The van der Waals surface area contributed by atoms with Crippen molar-refractivity contribution in [3.63, 3.8) is 0 Å². The molecule has 1 aliphatic heterocycles. The monoisotopic (exact) mass is 340 g/mol. The van der Waals surface area contributed by atoms with Gasteiger partial charge in [0.15, 0.2) is 5.56 Å². The van der Waals surface area contributed by atoms with E-state index in [0.29, 0.717) is 18.9 Å². The quantitative estimate of drug-likeness (QED) is 0.764. The van der Waals surface area contributed by atoms with E-state index < -0.39 is 11.2 Å². The van der Waals surface area contributed by atoms with Crippen molar-refractivity contribution < 1.29 is 0 Å². The average molecular weight is 340 g/mol. The van der Waals surface area contributed by atoms with E-state index in [1.165, 1.54) is 11.6 Å². The molecule has 130 valence electrons. The Labute approximate surface area is 145 Å². The van der Waals surface area contributed by atoms with E-state index in [0.717, 1.165) is 28.9 Å². The zero-order valence-electron chi connectivity index (χ0n) is 14.6. The zero-order chi connectivity index (χ0) is 18.1. The summed E-state index contributed by atoms with van der Waals surface area (Å²) >= 11 is 0. The third kappa shape index (κ3) is 2.78. The Balaban J connectivity index is 1.92. The molecule has 0 saturated carbocycles. The molecule has 1 saturated heterocycles. The smallest absolute Gasteiger partial charge is 0.332 e. The Kier molecular flexibility index (Phi) is 4.31. The number of nitriles is 1. The Morgan fingerprint density at radius 1 is 1.08 bits per heavy atom. The van der Waals surface area contributed by atoms with E-state index in [1.54, 1.807) is 13.2 Å². The summed E-state index contributed by atoms with van der Waals surface area (Å²) in [5.41, 5.74) is 1.27. The first-order valence-electron chi connectivity index (χ1n) is 8.06. The summed E-state index contributed by atoms with van der Waals surface area (Å²) in [7, 11) is 2.98. The van der Waals surface area contributed by atoms with Crippen molar-refractivity contribution in [1.29, 1.82) is 5.26 Å². The lowest BCUT2D eigenvalue weighted by Crippen LogP contribution is -2.50. The summed E-state index contributed by atoms with van der Waals surface area (Å²) in [4.78, 5) is 32.8. The van der Waals surface area contributed by atoms with Crippen LogP contribution in [0.1, 0.15) is 11.1 Å². The van der Waals surface area contributed by atoms with Crippen molar-refractivity contribution in [3.05, 3.63) is 50.4 Å². The summed E-state index contributed by atoms with van der Waals surface area (Å²) in [5.74, 6) is 0.401. The number of nitrogens with zero attached hydrogens (tertiary/aromatic N) is 6. The minimum Gasteiger partial charge on any atom is -0.367 e. The molecule has 1 fully saturated rings. The van der Waals surface area contributed by atoms with Crippen LogP contribution in [0, 0.1) is 18.3 Å². The molecule has 0 N–H and O–H groups in total. The van der Waals surface area contributed by atoms with Crippen LogP contribution in [-0.2, 0) is 14.1 Å². The standard InChI is InChI=1S/C17H20N6O2/c1-12-4-5-19-11-14(12)22-6-8-23(9-7-22)15-13(10-18)16(24)21(3)17(25)20(15)2/h4-5,11H,6-9H2,1-3H3. The van der Waals surface area contributed by atoms with Gasteiger partial charge in [-0.3, -0.25) is 18.9 Å². The molecule has 2 aromatic rings. The highest BCUT2D eigenvalue weighted by Crippen LogP contribution is 2.22. The van der Waals surface area contributed by atoms with Gasteiger partial charge in [-0.2, -0.15) is 5.26 Å². The highest BCUT2D eigenvalue weighted by molar-refractivity contribution is 5.57. The number of piperazine rings is 1. The normalized spacial score (nSPS) is 14.5. The topological polar surface area (TPSA) is 87.2 Å². The molecule has 0 spiro atoms. The maximum absolute atomic E-state index is 12.2. The van der Waals surface area contributed by atoms with Crippen molar-refractivity contribution in [1.82, 2.24) is 14.1 Å². The molecule has 0 aliphatic carbocycles. The van der Waals surface area contributed by atoms with E-state index in [4.69, 9.17) is 0 Å². The van der Waals surface area contributed by atoms with Crippen molar-refractivity contribution in [2.75, 3.05) is 36.0 Å². The van der Waals surface area contributed by atoms with Crippen molar-refractivity contribution in [3.8, 4) is 6.07 Å². The van der Waals surface area contributed by atoms with Gasteiger partial charge < -0.3 is 9.80 Å². The fourth-order valence-electron chi connectivity index (χ4n) is 3.25. The maximum atomic E-state index is 12.2. The predicted octanol–water partition coefficient (Wildman–Crippen LogP) is -0.0143. The fourth-order valence-corrected chi connectivity index (χ4v) is 3.25. The summed E-state index contributed by atoms with van der Waals surface area (Å²) < 4.78 is 2.35. The lowest BCUT2D eigenvalue weighted by Gasteiger charge is -2.38. The molecule has 0 aromatic carbocycles. The molecule has 25 heavy (non-hydrogen) atoms. The van der Waals surface area contributed by atoms with Gasteiger partial charge in [-0.1, -0.05) is 0 Å². The van der Waals surface area contributed by atoms with Gasteiger partial charge in [-0.05, 0) is 18.6 Å². The van der Waals surface area contributed by atoms with Crippen LogP contribution in [0.3, 0.4) is 0 Å². The van der Waals surface area contributed by atoms with Crippen LogP contribution in [0.25, 0.3) is 0 Å². The molecular weight excluding hydrogens is 320 g/mol. The van der Waals surface area contributed by atoms with Gasteiger partial charge in [-0.15, -0.1) is 0 Å². The molecule has 0 radical (unpaired) electrons. The number of hydrogen-bond acceptors (Lipinski definition) is 6. The minimum atomic E-state index is -0.550. The molecule has 0 amide bonds. The number of aryl methyl sites for hydroxylation is 1. The maximum Gasteiger partial charge on any atom is 0.332 e. The average Bonchev–Trinajstić information content (AvgIpc) is 2.63. The molecule has 1 aliphatic rings. The first kappa shape index (κ1) is 16.8. The zero-order valence-corrected chi connectivity index (χ0v) is 14.6. The highest BCUT2D eigenvalue weighted by Gasteiger charge is 2.25. The van der Waals surface area contributed by atoms with Crippen LogP contribution in [0.4, 0.5) is 11.5 Å². The molecule has 0 atom stereocenters. The van der Waals surface area contributed by atoms with Crippen molar-refractivity contribution in [2.24, 2.45) is 14.1 Å². The Morgan fingerprint density at radius 3 is 2.32 bits per heavy atom. The first-order chi connectivity index (χ1) is 12.0. The Morgan fingerprint density at radius 2 is 1.72 bits per heavy atom. The molecule has 2 aromatic heterocycles. The predicted molar refractivity (Wildman–Crippen MR) is 95.0 cm³/mol. The molecule has 8 nitrogen and oxygen atoms in total. The number of pyridine rings is 1. The summed E-state index contributed by atoms with van der Waals surface area (Å²) in [6, 6.07) is 3.94. The molecule has 8 heteroatoms. The van der Waals surface area contributed by atoms with Crippen molar-refractivity contribution in [2.45, 2.75) is 6.92 Å².